The second-order valence-electron chi connectivity index (χ2n) is 4.70. The third-order valence-electron chi connectivity index (χ3n) is 3.54. The molecule has 1 aliphatic rings. The molecule has 0 saturated carbocycles. The van der Waals surface area contributed by atoms with Gasteiger partial charge < -0.3 is 10.1 Å². The molecule has 2 nitrogen and oxygen atoms in total. The van der Waals surface area contributed by atoms with Crippen molar-refractivity contribution in [2.45, 2.75) is 19.4 Å². The van der Waals surface area contributed by atoms with Gasteiger partial charge in [-0.1, -0.05) is 12.1 Å². The molecule has 0 spiro atoms. The average molecular weight is 259 g/mol. The van der Waals surface area contributed by atoms with Crippen LogP contribution in [0.1, 0.15) is 28.3 Å². The minimum atomic E-state index is 0.280. The van der Waals surface area contributed by atoms with E-state index >= 15 is 0 Å². The fraction of sp³-hybridized carbons (Fsp3) is 0.333. The number of fused-ring (bicyclic) bond motifs is 1. The third kappa shape index (κ3) is 1.93. The van der Waals surface area contributed by atoms with E-state index in [1.807, 2.05) is 7.05 Å². The van der Waals surface area contributed by atoms with Crippen LogP contribution >= 0.6 is 11.3 Å². The van der Waals surface area contributed by atoms with Crippen molar-refractivity contribution in [3.63, 3.8) is 0 Å². The molecule has 0 saturated heterocycles. The average Bonchev–Trinajstić information content (AvgIpc) is 2.99. The Bertz CT molecular complexity index is 561. The van der Waals surface area contributed by atoms with E-state index in [-0.39, 0.29) is 6.04 Å². The van der Waals surface area contributed by atoms with Crippen molar-refractivity contribution in [1.29, 1.82) is 0 Å². The van der Waals surface area contributed by atoms with Gasteiger partial charge in [-0.2, -0.15) is 11.3 Å². The molecular weight excluding hydrogens is 242 g/mol. The van der Waals surface area contributed by atoms with Gasteiger partial charge in [-0.25, -0.2) is 0 Å². The lowest BCUT2D eigenvalue weighted by atomic mass is 9.96. The molecule has 1 N–H and O–H groups in total. The van der Waals surface area contributed by atoms with E-state index in [0.717, 1.165) is 18.8 Å². The van der Waals surface area contributed by atoms with Crippen molar-refractivity contribution in [2.24, 2.45) is 0 Å². The Morgan fingerprint density at radius 2 is 2.22 bits per heavy atom. The number of benzene rings is 1. The molecule has 1 aromatic heterocycles. The number of hydrogen-bond acceptors (Lipinski definition) is 3. The number of rotatable bonds is 3. The third-order valence-corrected chi connectivity index (χ3v) is 4.42. The second-order valence-corrected chi connectivity index (χ2v) is 5.44. The van der Waals surface area contributed by atoms with Gasteiger partial charge in [0.1, 0.15) is 5.75 Å². The van der Waals surface area contributed by atoms with Gasteiger partial charge in [0.05, 0.1) is 12.6 Å². The summed E-state index contributed by atoms with van der Waals surface area (Å²) in [4.78, 5) is 0. The summed E-state index contributed by atoms with van der Waals surface area (Å²) < 4.78 is 5.56. The van der Waals surface area contributed by atoms with Crippen LogP contribution in [0.25, 0.3) is 0 Å². The van der Waals surface area contributed by atoms with Crippen molar-refractivity contribution >= 4 is 11.3 Å². The molecule has 1 atom stereocenters. The summed E-state index contributed by atoms with van der Waals surface area (Å²) in [5, 5.41) is 7.86. The summed E-state index contributed by atoms with van der Waals surface area (Å²) in [5.41, 5.74) is 5.39. The number of thiophene rings is 1. The van der Waals surface area contributed by atoms with Crippen LogP contribution in [-0.2, 0) is 6.42 Å². The largest absolute Gasteiger partial charge is 0.493 e. The van der Waals surface area contributed by atoms with E-state index in [2.05, 4.69) is 41.2 Å². The molecule has 1 unspecified atom stereocenters. The normalized spacial score (nSPS) is 15.2. The zero-order valence-electron chi connectivity index (χ0n) is 10.7. The van der Waals surface area contributed by atoms with Crippen LogP contribution < -0.4 is 10.1 Å². The first-order chi connectivity index (χ1) is 8.79. The zero-order chi connectivity index (χ0) is 12.5. The lowest BCUT2D eigenvalue weighted by Gasteiger charge is -2.17. The van der Waals surface area contributed by atoms with Crippen LogP contribution in [0, 0.1) is 6.92 Å². The van der Waals surface area contributed by atoms with Gasteiger partial charge in [-0.3, -0.25) is 0 Å². The smallest absolute Gasteiger partial charge is 0.122 e. The van der Waals surface area contributed by atoms with Crippen LogP contribution in [0.4, 0.5) is 0 Å². The molecule has 0 amide bonds. The van der Waals surface area contributed by atoms with Crippen LogP contribution in [0.15, 0.2) is 29.0 Å². The lowest BCUT2D eigenvalue weighted by Crippen LogP contribution is -2.17. The molecule has 0 fully saturated rings. The summed E-state index contributed by atoms with van der Waals surface area (Å²) in [7, 11) is 2.02. The molecule has 2 heterocycles. The van der Waals surface area contributed by atoms with Crippen LogP contribution in [-0.4, -0.2) is 13.7 Å². The van der Waals surface area contributed by atoms with Gasteiger partial charge in [0.15, 0.2) is 0 Å². The van der Waals surface area contributed by atoms with E-state index in [0.29, 0.717) is 0 Å². The molecule has 3 rings (SSSR count). The summed E-state index contributed by atoms with van der Waals surface area (Å²) >= 11 is 1.77. The molecule has 0 aliphatic carbocycles. The SMILES string of the molecule is CNC(c1ccc2c(c1)CCO2)c1cscc1C. The Morgan fingerprint density at radius 3 is 2.94 bits per heavy atom. The number of ether oxygens (including phenoxy) is 1. The van der Waals surface area contributed by atoms with E-state index in [4.69, 9.17) is 4.74 Å². The van der Waals surface area contributed by atoms with Gasteiger partial charge >= 0.3 is 0 Å². The van der Waals surface area contributed by atoms with Crippen molar-refractivity contribution in [2.75, 3.05) is 13.7 Å². The minimum Gasteiger partial charge on any atom is -0.493 e. The Balaban J connectivity index is 2.00. The van der Waals surface area contributed by atoms with E-state index < -0.39 is 0 Å². The molecule has 2 aromatic rings. The summed E-state index contributed by atoms with van der Waals surface area (Å²) in [5.74, 6) is 1.05. The highest BCUT2D eigenvalue weighted by Gasteiger charge is 2.18. The van der Waals surface area contributed by atoms with E-state index in [9.17, 15) is 0 Å². The van der Waals surface area contributed by atoms with Gasteiger partial charge in [0.25, 0.3) is 0 Å². The number of nitrogens with one attached hydrogen (secondary N) is 1. The predicted octanol–water partition coefficient (Wildman–Crippen LogP) is 3.30. The summed E-state index contributed by atoms with van der Waals surface area (Å²) in [6.07, 6.45) is 1.03. The number of hydrogen-bond donors (Lipinski definition) is 1. The van der Waals surface area contributed by atoms with Crippen LogP contribution in [0.5, 0.6) is 5.75 Å². The first kappa shape index (κ1) is 11.8. The fourth-order valence-corrected chi connectivity index (χ4v) is 3.43. The van der Waals surface area contributed by atoms with Gasteiger partial charge in [0.2, 0.25) is 0 Å². The molecule has 3 heteroatoms. The lowest BCUT2D eigenvalue weighted by molar-refractivity contribution is 0.357. The summed E-state index contributed by atoms with van der Waals surface area (Å²) in [6.45, 7) is 2.99. The first-order valence-corrected chi connectivity index (χ1v) is 7.19. The predicted molar refractivity (Wildman–Crippen MR) is 75.6 cm³/mol. The van der Waals surface area contributed by atoms with Crippen LogP contribution in [0.3, 0.4) is 0 Å². The Kier molecular flexibility index (Phi) is 3.10. The molecule has 18 heavy (non-hydrogen) atoms. The molecule has 1 aromatic carbocycles. The van der Waals surface area contributed by atoms with Gasteiger partial charge in [-0.15, -0.1) is 0 Å². The highest BCUT2D eigenvalue weighted by molar-refractivity contribution is 7.08. The Hall–Kier alpha value is -1.32. The van der Waals surface area contributed by atoms with Crippen molar-refractivity contribution in [3.8, 4) is 5.75 Å². The topological polar surface area (TPSA) is 21.3 Å². The second kappa shape index (κ2) is 4.75. The van der Waals surface area contributed by atoms with Crippen molar-refractivity contribution in [1.82, 2.24) is 5.32 Å². The minimum absolute atomic E-state index is 0.280. The molecule has 0 bridgehead atoms. The number of aryl methyl sites for hydroxylation is 1. The monoisotopic (exact) mass is 259 g/mol. The highest BCUT2D eigenvalue weighted by Crippen LogP contribution is 2.32. The Morgan fingerprint density at radius 1 is 1.33 bits per heavy atom. The standard InChI is InChI=1S/C15H17NOS/c1-10-8-18-9-13(10)15(16-2)12-3-4-14-11(7-12)5-6-17-14/h3-4,7-9,15-16H,5-6H2,1-2H3. The molecular formula is C15H17NOS. The molecule has 0 radical (unpaired) electrons. The maximum Gasteiger partial charge on any atom is 0.122 e. The van der Waals surface area contributed by atoms with E-state index in [1.165, 1.54) is 22.3 Å². The molecule has 94 valence electrons. The van der Waals surface area contributed by atoms with Gasteiger partial charge in [-0.05, 0) is 53.1 Å². The fourth-order valence-electron chi connectivity index (χ4n) is 2.55. The maximum absolute atomic E-state index is 5.56. The quantitative estimate of drug-likeness (QED) is 0.913. The van der Waals surface area contributed by atoms with Crippen LogP contribution in [0.2, 0.25) is 0 Å². The Labute approximate surface area is 112 Å². The first-order valence-electron chi connectivity index (χ1n) is 6.25. The zero-order valence-corrected chi connectivity index (χ0v) is 11.5. The van der Waals surface area contributed by atoms with E-state index in [1.54, 1.807) is 11.3 Å². The van der Waals surface area contributed by atoms with Gasteiger partial charge in [0, 0.05) is 6.42 Å². The maximum atomic E-state index is 5.56. The van der Waals surface area contributed by atoms with Crippen molar-refractivity contribution < 1.29 is 4.74 Å². The van der Waals surface area contributed by atoms with Crippen molar-refractivity contribution in [3.05, 3.63) is 51.2 Å². The summed E-state index contributed by atoms with van der Waals surface area (Å²) in [6, 6.07) is 6.83. The molecule has 1 aliphatic heterocycles. The highest BCUT2D eigenvalue weighted by atomic mass is 32.1.